The Kier molecular flexibility index (Phi) is 6.14. The fourth-order valence-corrected chi connectivity index (χ4v) is 2.63. The van der Waals surface area contributed by atoms with Crippen molar-refractivity contribution in [2.24, 2.45) is 0 Å². The Morgan fingerprint density at radius 1 is 1.40 bits per heavy atom. The van der Waals surface area contributed by atoms with Crippen molar-refractivity contribution in [3.8, 4) is 5.75 Å². The van der Waals surface area contributed by atoms with Gasteiger partial charge in [-0.1, -0.05) is 24.6 Å². The molecule has 0 spiro atoms. The first-order chi connectivity index (χ1) is 9.69. The van der Waals surface area contributed by atoms with Gasteiger partial charge in [0, 0.05) is 6.54 Å². The molecule has 1 fully saturated rings. The van der Waals surface area contributed by atoms with E-state index in [2.05, 4.69) is 25.2 Å². The lowest BCUT2D eigenvalue weighted by Crippen LogP contribution is -2.18. The zero-order valence-corrected chi connectivity index (χ0v) is 13.1. The molecular formula is C16H24ClNO2. The highest BCUT2D eigenvalue weighted by molar-refractivity contribution is 6.32. The molecule has 1 heterocycles. The van der Waals surface area contributed by atoms with Crippen LogP contribution in [-0.4, -0.2) is 25.4 Å². The third-order valence-corrected chi connectivity index (χ3v) is 3.79. The highest BCUT2D eigenvalue weighted by atomic mass is 35.5. The molecule has 1 aliphatic heterocycles. The SMILES string of the molecule is CCCNCc1ccc(OCC2CCC(C)O2)c(Cl)c1. The summed E-state index contributed by atoms with van der Waals surface area (Å²) < 4.78 is 11.5. The predicted octanol–water partition coefficient (Wildman–Crippen LogP) is 3.79. The summed E-state index contributed by atoms with van der Waals surface area (Å²) in [5.74, 6) is 0.745. The van der Waals surface area contributed by atoms with Crippen molar-refractivity contribution in [2.75, 3.05) is 13.2 Å². The minimum absolute atomic E-state index is 0.201. The second kappa shape index (κ2) is 7.87. The molecule has 0 aromatic heterocycles. The predicted molar refractivity (Wildman–Crippen MR) is 82.5 cm³/mol. The van der Waals surface area contributed by atoms with E-state index in [9.17, 15) is 0 Å². The van der Waals surface area contributed by atoms with E-state index in [1.165, 1.54) is 5.56 Å². The molecule has 0 saturated carbocycles. The van der Waals surface area contributed by atoms with Gasteiger partial charge in [-0.15, -0.1) is 0 Å². The average molecular weight is 298 g/mol. The van der Waals surface area contributed by atoms with Gasteiger partial charge >= 0.3 is 0 Å². The Balaban J connectivity index is 1.82. The largest absolute Gasteiger partial charge is 0.489 e. The number of ether oxygens (including phenoxy) is 2. The van der Waals surface area contributed by atoms with Crippen molar-refractivity contribution in [3.05, 3.63) is 28.8 Å². The minimum atomic E-state index is 0.201. The lowest BCUT2D eigenvalue weighted by Gasteiger charge is -2.14. The molecule has 20 heavy (non-hydrogen) atoms. The van der Waals surface area contributed by atoms with Gasteiger partial charge in [-0.25, -0.2) is 0 Å². The van der Waals surface area contributed by atoms with Crippen LogP contribution in [0.4, 0.5) is 0 Å². The number of hydrogen-bond acceptors (Lipinski definition) is 3. The lowest BCUT2D eigenvalue weighted by atomic mass is 10.2. The van der Waals surface area contributed by atoms with E-state index < -0.39 is 0 Å². The maximum atomic E-state index is 6.26. The first-order valence-corrected chi connectivity index (χ1v) is 7.84. The monoisotopic (exact) mass is 297 g/mol. The van der Waals surface area contributed by atoms with Crippen LogP contribution in [0.3, 0.4) is 0 Å². The van der Waals surface area contributed by atoms with Crippen LogP contribution in [0.1, 0.15) is 38.7 Å². The summed E-state index contributed by atoms with van der Waals surface area (Å²) in [6, 6.07) is 5.98. The molecule has 1 saturated heterocycles. The summed E-state index contributed by atoms with van der Waals surface area (Å²) in [4.78, 5) is 0. The van der Waals surface area contributed by atoms with Crippen LogP contribution in [0, 0.1) is 0 Å². The van der Waals surface area contributed by atoms with Gasteiger partial charge in [-0.3, -0.25) is 0 Å². The molecule has 3 nitrogen and oxygen atoms in total. The van der Waals surface area contributed by atoms with Gasteiger partial charge < -0.3 is 14.8 Å². The Morgan fingerprint density at radius 3 is 2.90 bits per heavy atom. The Hall–Kier alpha value is -0.770. The van der Waals surface area contributed by atoms with Crippen molar-refractivity contribution in [1.82, 2.24) is 5.32 Å². The summed E-state index contributed by atoms with van der Waals surface area (Å²) in [6.07, 6.45) is 3.87. The van der Waals surface area contributed by atoms with Gasteiger partial charge in [0.15, 0.2) is 0 Å². The summed E-state index contributed by atoms with van der Waals surface area (Å²) in [5, 5.41) is 4.03. The number of benzene rings is 1. The van der Waals surface area contributed by atoms with E-state index in [-0.39, 0.29) is 6.10 Å². The van der Waals surface area contributed by atoms with Gasteiger partial charge in [0.1, 0.15) is 12.4 Å². The molecule has 1 aromatic carbocycles. The van der Waals surface area contributed by atoms with Crippen molar-refractivity contribution < 1.29 is 9.47 Å². The fourth-order valence-electron chi connectivity index (χ4n) is 2.37. The van der Waals surface area contributed by atoms with Gasteiger partial charge in [0.2, 0.25) is 0 Å². The highest BCUT2D eigenvalue weighted by Crippen LogP contribution is 2.27. The molecule has 0 amide bonds. The molecule has 2 atom stereocenters. The molecule has 2 unspecified atom stereocenters. The van der Waals surface area contributed by atoms with Crippen molar-refractivity contribution in [3.63, 3.8) is 0 Å². The van der Waals surface area contributed by atoms with Crippen molar-refractivity contribution >= 4 is 11.6 Å². The van der Waals surface area contributed by atoms with Gasteiger partial charge in [-0.05, 0) is 50.4 Å². The summed E-state index contributed by atoms with van der Waals surface area (Å²) in [7, 11) is 0. The average Bonchev–Trinajstić information content (AvgIpc) is 2.84. The van der Waals surface area contributed by atoms with Gasteiger partial charge in [-0.2, -0.15) is 0 Å². The zero-order valence-electron chi connectivity index (χ0n) is 12.3. The first-order valence-electron chi connectivity index (χ1n) is 7.46. The van der Waals surface area contributed by atoms with Crippen LogP contribution in [-0.2, 0) is 11.3 Å². The number of hydrogen-bond donors (Lipinski definition) is 1. The zero-order chi connectivity index (χ0) is 14.4. The Labute approximate surface area is 126 Å². The quantitative estimate of drug-likeness (QED) is 0.777. The van der Waals surface area contributed by atoms with E-state index in [0.717, 1.165) is 38.1 Å². The lowest BCUT2D eigenvalue weighted by molar-refractivity contribution is 0.0265. The van der Waals surface area contributed by atoms with Crippen LogP contribution in [0.5, 0.6) is 5.75 Å². The van der Waals surface area contributed by atoms with E-state index >= 15 is 0 Å². The Morgan fingerprint density at radius 2 is 2.25 bits per heavy atom. The van der Waals surface area contributed by atoms with Crippen molar-refractivity contribution in [2.45, 2.75) is 51.9 Å². The molecule has 1 aromatic rings. The molecule has 0 aliphatic carbocycles. The molecule has 4 heteroatoms. The van der Waals surface area contributed by atoms with Crippen LogP contribution in [0.25, 0.3) is 0 Å². The summed E-state index contributed by atoms with van der Waals surface area (Å²) in [6.45, 7) is 6.70. The molecule has 0 bridgehead atoms. The van der Waals surface area contributed by atoms with E-state index in [0.29, 0.717) is 17.7 Å². The molecule has 2 rings (SSSR count). The minimum Gasteiger partial charge on any atom is -0.489 e. The van der Waals surface area contributed by atoms with E-state index in [4.69, 9.17) is 21.1 Å². The van der Waals surface area contributed by atoms with E-state index in [1.54, 1.807) is 0 Å². The molecule has 112 valence electrons. The van der Waals surface area contributed by atoms with Crippen LogP contribution in [0.2, 0.25) is 5.02 Å². The van der Waals surface area contributed by atoms with Crippen LogP contribution in [0.15, 0.2) is 18.2 Å². The number of nitrogens with one attached hydrogen (secondary N) is 1. The topological polar surface area (TPSA) is 30.5 Å². The second-order valence-corrected chi connectivity index (χ2v) is 5.81. The maximum absolute atomic E-state index is 6.26. The smallest absolute Gasteiger partial charge is 0.138 e. The molecule has 1 aliphatic rings. The van der Waals surface area contributed by atoms with Crippen molar-refractivity contribution in [1.29, 1.82) is 0 Å². The molecule has 1 N–H and O–H groups in total. The highest BCUT2D eigenvalue weighted by Gasteiger charge is 2.22. The third kappa shape index (κ3) is 4.65. The third-order valence-electron chi connectivity index (χ3n) is 3.50. The van der Waals surface area contributed by atoms with Crippen LogP contribution >= 0.6 is 11.6 Å². The molecule has 0 radical (unpaired) electrons. The molecular weight excluding hydrogens is 274 g/mol. The van der Waals surface area contributed by atoms with Crippen LogP contribution < -0.4 is 10.1 Å². The van der Waals surface area contributed by atoms with Gasteiger partial charge in [0.05, 0.1) is 17.2 Å². The fraction of sp³-hybridized carbons (Fsp3) is 0.625. The normalized spacial score (nSPS) is 22.1. The standard InChI is InChI=1S/C16H24ClNO2/c1-3-8-18-10-13-5-7-16(15(17)9-13)19-11-14-6-4-12(2)20-14/h5,7,9,12,14,18H,3-4,6,8,10-11H2,1-2H3. The number of halogens is 1. The summed E-state index contributed by atoms with van der Waals surface area (Å²) >= 11 is 6.26. The Bertz CT molecular complexity index is 425. The number of rotatable bonds is 7. The van der Waals surface area contributed by atoms with Gasteiger partial charge in [0.25, 0.3) is 0 Å². The summed E-state index contributed by atoms with van der Waals surface area (Å²) in [5.41, 5.74) is 1.18. The second-order valence-electron chi connectivity index (χ2n) is 5.40. The maximum Gasteiger partial charge on any atom is 0.138 e. The first kappa shape index (κ1) is 15.6. The van der Waals surface area contributed by atoms with E-state index in [1.807, 2.05) is 12.1 Å².